The van der Waals surface area contributed by atoms with Crippen molar-refractivity contribution in [3.05, 3.63) is 12.3 Å². The molecule has 0 bridgehead atoms. The van der Waals surface area contributed by atoms with Crippen molar-refractivity contribution in [3.8, 4) is 5.88 Å². The molecular weight excluding hydrogens is 234 g/mol. The summed E-state index contributed by atoms with van der Waals surface area (Å²) in [5.74, 6) is 0.778. The van der Waals surface area contributed by atoms with E-state index in [0.29, 0.717) is 11.8 Å². The van der Waals surface area contributed by atoms with Gasteiger partial charge in [0.1, 0.15) is 6.04 Å². The average Bonchev–Trinajstić information content (AvgIpc) is 2.46. The van der Waals surface area contributed by atoms with Crippen LogP contribution in [0.15, 0.2) is 12.3 Å². The zero-order valence-electron chi connectivity index (χ0n) is 10.6. The van der Waals surface area contributed by atoms with Crippen LogP contribution in [0.4, 0.5) is 5.95 Å². The van der Waals surface area contributed by atoms with Crippen molar-refractivity contribution in [2.45, 2.75) is 25.3 Å². The number of anilines is 1. The molecule has 1 fully saturated rings. The molecule has 1 saturated heterocycles. The zero-order valence-corrected chi connectivity index (χ0v) is 10.6. The first kappa shape index (κ1) is 12.6. The lowest BCUT2D eigenvalue weighted by atomic mass is 10.0. The van der Waals surface area contributed by atoms with Crippen LogP contribution in [0.1, 0.15) is 19.3 Å². The van der Waals surface area contributed by atoms with Gasteiger partial charge in [0, 0.05) is 18.8 Å². The monoisotopic (exact) mass is 251 g/mol. The summed E-state index contributed by atoms with van der Waals surface area (Å²) >= 11 is 0. The molecule has 1 aliphatic heterocycles. The minimum atomic E-state index is -0.296. The SMILES string of the molecule is COC(=O)C1CCCCN1c1nccc(OC)n1. The lowest BCUT2D eigenvalue weighted by Gasteiger charge is -2.33. The lowest BCUT2D eigenvalue weighted by Crippen LogP contribution is -2.46. The molecule has 0 amide bonds. The molecule has 1 unspecified atom stereocenters. The molecule has 0 radical (unpaired) electrons. The lowest BCUT2D eigenvalue weighted by molar-refractivity contribution is -0.142. The highest BCUT2D eigenvalue weighted by molar-refractivity contribution is 5.79. The number of ether oxygens (including phenoxy) is 2. The van der Waals surface area contributed by atoms with Crippen LogP contribution in [0.5, 0.6) is 5.88 Å². The van der Waals surface area contributed by atoms with Gasteiger partial charge < -0.3 is 14.4 Å². The van der Waals surface area contributed by atoms with Crippen molar-refractivity contribution < 1.29 is 14.3 Å². The van der Waals surface area contributed by atoms with Gasteiger partial charge in [-0.15, -0.1) is 0 Å². The first-order valence-corrected chi connectivity index (χ1v) is 5.97. The Kier molecular flexibility index (Phi) is 3.96. The minimum Gasteiger partial charge on any atom is -0.481 e. The van der Waals surface area contributed by atoms with Crippen molar-refractivity contribution in [2.24, 2.45) is 0 Å². The zero-order chi connectivity index (χ0) is 13.0. The fourth-order valence-electron chi connectivity index (χ4n) is 2.14. The van der Waals surface area contributed by atoms with Gasteiger partial charge in [0.25, 0.3) is 0 Å². The van der Waals surface area contributed by atoms with Crippen LogP contribution < -0.4 is 9.64 Å². The first-order valence-electron chi connectivity index (χ1n) is 5.97. The largest absolute Gasteiger partial charge is 0.481 e. The van der Waals surface area contributed by atoms with Crippen LogP contribution >= 0.6 is 0 Å². The predicted octanol–water partition coefficient (Wildman–Crippen LogP) is 1.02. The van der Waals surface area contributed by atoms with Crippen LogP contribution in [-0.4, -0.2) is 42.7 Å². The highest BCUT2D eigenvalue weighted by atomic mass is 16.5. The Hall–Kier alpha value is -1.85. The normalized spacial score (nSPS) is 19.4. The second-order valence-corrected chi connectivity index (χ2v) is 4.13. The molecule has 0 saturated carbocycles. The van der Waals surface area contributed by atoms with Gasteiger partial charge in [-0.05, 0) is 19.3 Å². The van der Waals surface area contributed by atoms with E-state index in [4.69, 9.17) is 9.47 Å². The van der Waals surface area contributed by atoms with Gasteiger partial charge in [0.05, 0.1) is 14.2 Å². The molecule has 1 aliphatic rings. The molecule has 2 heterocycles. The van der Waals surface area contributed by atoms with Crippen LogP contribution in [-0.2, 0) is 9.53 Å². The van der Waals surface area contributed by atoms with E-state index in [0.717, 1.165) is 25.8 Å². The maximum Gasteiger partial charge on any atom is 0.328 e. The fraction of sp³-hybridized carbons (Fsp3) is 0.583. The molecule has 0 aliphatic carbocycles. The number of hydrogen-bond donors (Lipinski definition) is 0. The number of carbonyl (C=O) groups is 1. The standard InChI is InChI=1S/C12H17N3O3/c1-17-10-6-7-13-12(14-10)15-8-4-3-5-9(15)11(16)18-2/h6-7,9H,3-5,8H2,1-2H3. The van der Waals surface area contributed by atoms with Crippen molar-refractivity contribution in [3.63, 3.8) is 0 Å². The van der Waals surface area contributed by atoms with Crippen molar-refractivity contribution in [2.75, 3.05) is 25.7 Å². The number of hydrogen-bond acceptors (Lipinski definition) is 6. The third-order valence-corrected chi connectivity index (χ3v) is 3.06. The predicted molar refractivity (Wildman–Crippen MR) is 65.6 cm³/mol. The summed E-state index contributed by atoms with van der Waals surface area (Å²) in [4.78, 5) is 22.1. The maximum atomic E-state index is 11.8. The van der Waals surface area contributed by atoms with E-state index in [1.54, 1.807) is 19.4 Å². The van der Waals surface area contributed by atoms with Crippen molar-refractivity contribution >= 4 is 11.9 Å². The summed E-state index contributed by atoms with van der Waals surface area (Å²) < 4.78 is 9.90. The van der Waals surface area contributed by atoms with Crippen LogP contribution in [0.3, 0.4) is 0 Å². The van der Waals surface area contributed by atoms with E-state index in [1.807, 2.05) is 4.90 Å². The van der Waals surface area contributed by atoms with Gasteiger partial charge in [-0.1, -0.05) is 0 Å². The molecular formula is C12H17N3O3. The van der Waals surface area contributed by atoms with E-state index < -0.39 is 0 Å². The molecule has 1 aromatic heterocycles. The van der Waals surface area contributed by atoms with Crippen LogP contribution in [0.2, 0.25) is 0 Å². The van der Waals surface area contributed by atoms with E-state index in [2.05, 4.69) is 9.97 Å². The van der Waals surface area contributed by atoms with Crippen LogP contribution in [0.25, 0.3) is 0 Å². The van der Waals surface area contributed by atoms with Gasteiger partial charge in [0.2, 0.25) is 11.8 Å². The topological polar surface area (TPSA) is 64.5 Å². The summed E-state index contributed by atoms with van der Waals surface area (Å²) in [7, 11) is 2.96. The average molecular weight is 251 g/mol. The molecule has 18 heavy (non-hydrogen) atoms. The van der Waals surface area contributed by atoms with E-state index in [-0.39, 0.29) is 12.0 Å². The van der Waals surface area contributed by atoms with Gasteiger partial charge in [0.15, 0.2) is 0 Å². The fourth-order valence-corrected chi connectivity index (χ4v) is 2.14. The third-order valence-electron chi connectivity index (χ3n) is 3.06. The van der Waals surface area contributed by atoms with Crippen molar-refractivity contribution in [1.82, 2.24) is 9.97 Å². The Labute approximate surface area is 106 Å². The Balaban J connectivity index is 2.24. The van der Waals surface area contributed by atoms with E-state index >= 15 is 0 Å². The number of nitrogens with zero attached hydrogens (tertiary/aromatic N) is 3. The summed E-state index contributed by atoms with van der Waals surface area (Å²) in [6.07, 6.45) is 4.44. The molecule has 1 aromatic rings. The van der Waals surface area contributed by atoms with Gasteiger partial charge in [-0.25, -0.2) is 9.78 Å². The highest BCUT2D eigenvalue weighted by Crippen LogP contribution is 2.23. The van der Waals surface area contributed by atoms with Gasteiger partial charge in [-0.3, -0.25) is 0 Å². The second kappa shape index (κ2) is 5.66. The van der Waals surface area contributed by atoms with Gasteiger partial charge >= 0.3 is 5.97 Å². The molecule has 6 heteroatoms. The molecule has 98 valence electrons. The number of methoxy groups -OCH3 is 2. The number of piperidine rings is 1. The number of esters is 1. The molecule has 0 N–H and O–H groups in total. The molecule has 0 spiro atoms. The molecule has 0 aromatic carbocycles. The molecule has 6 nitrogen and oxygen atoms in total. The van der Waals surface area contributed by atoms with Gasteiger partial charge in [-0.2, -0.15) is 4.98 Å². The summed E-state index contributed by atoms with van der Waals surface area (Å²) in [6.45, 7) is 0.757. The quantitative estimate of drug-likeness (QED) is 0.747. The summed E-state index contributed by atoms with van der Waals surface area (Å²) in [5.41, 5.74) is 0. The van der Waals surface area contributed by atoms with E-state index in [1.165, 1.54) is 7.11 Å². The van der Waals surface area contributed by atoms with Crippen molar-refractivity contribution in [1.29, 1.82) is 0 Å². The summed E-state index contributed by atoms with van der Waals surface area (Å²) in [5, 5.41) is 0. The smallest absolute Gasteiger partial charge is 0.328 e. The number of aromatic nitrogens is 2. The molecule has 1 atom stereocenters. The van der Waals surface area contributed by atoms with Crippen LogP contribution in [0, 0.1) is 0 Å². The molecule has 2 rings (SSSR count). The Morgan fingerprint density at radius 2 is 2.28 bits per heavy atom. The number of carbonyl (C=O) groups excluding carboxylic acids is 1. The van der Waals surface area contributed by atoms with E-state index in [9.17, 15) is 4.79 Å². The highest BCUT2D eigenvalue weighted by Gasteiger charge is 2.31. The summed E-state index contributed by atoms with van der Waals surface area (Å²) in [6, 6.07) is 1.39. The maximum absolute atomic E-state index is 11.8. The first-order chi connectivity index (χ1) is 8.76. The Morgan fingerprint density at radius 3 is 3.00 bits per heavy atom. The minimum absolute atomic E-state index is 0.235. The Bertz CT molecular complexity index is 425. The number of rotatable bonds is 3. The second-order valence-electron chi connectivity index (χ2n) is 4.13. The third kappa shape index (κ3) is 2.52. The Morgan fingerprint density at radius 1 is 1.44 bits per heavy atom.